The van der Waals surface area contributed by atoms with Crippen LogP contribution in [0.5, 0.6) is 0 Å². The van der Waals surface area contributed by atoms with E-state index in [1.165, 1.54) is 43.8 Å². The maximum Gasteiger partial charge on any atom is 0.143 e. The Kier molecular flexibility index (Phi) is 6.55. The molecular weight excluding hydrogens is 645 g/mol. The summed E-state index contributed by atoms with van der Waals surface area (Å²) >= 11 is 0. The van der Waals surface area contributed by atoms with E-state index in [9.17, 15) is 0 Å². The van der Waals surface area contributed by atoms with Gasteiger partial charge in [-0.1, -0.05) is 140 Å². The zero-order valence-electron chi connectivity index (χ0n) is 28.8. The molecule has 0 aliphatic rings. The van der Waals surface area contributed by atoms with Crippen LogP contribution in [0, 0.1) is 0 Å². The number of fused-ring (bicyclic) bond motifs is 7. The van der Waals surface area contributed by atoms with Gasteiger partial charge in [-0.2, -0.15) is 0 Å². The van der Waals surface area contributed by atoms with Gasteiger partial charge in [0.15, 0.2) is 0 Å². The molecule has 8 aromatic carbocycles. The van der Waals surface area contributed by atoms with Crippen molar-refractivity contribution < 1.29 is 4.42 Å². The van der Waals surface area contributed by atoms with E-state index in [-0.39, 0.29) is 0 Å². The minimum Gasteiger partial charge on any atom is -0.455 e. The molecule has 0 atom stereocenters. The van der Waals surface area contributed by atoms with Crippen molar-refractivity contribution >= 4 is 54.6 Å². The molecule has 0 aliphatic heterocycles. The minimum atomic E-state index is 0.908. The first kappa shape index (κ1) is 29.6. The maximum absolute atomic E-state index is 6.82. The predicted octanol–water partition coefficient (Wildman–Crippen LogP) is 13.6. The summed E-state index contributed by atoms with van der Waals surface area (Å²) in [6.45, 7) is 0. The Labute approximate surface area is 306 Å². The summed E-state index contributed by atoms with van der Waals surface area (Å²) in [7, 11) is 0. The lowest BCUT2D eigenvalue weighted by Gasteiger charge is -2.10. The van der Waals surface area contributed by atoms with Gasteiger partial charge in [0.1, 0.15) is 11.2 Å². The van der Waals surface area contributed by atoms with Crippen molar-refractivity contribution in [3.63, 3.8) is 0 Å². The molecule has 0 saturated heterocycles. The molecule has 11 aromatic rings. The van der Waals surface area contributed by atoms with Crippen molar-refractivity contribution in [3.05, 3.63) is 194 Å². The molecule has 0 unspecified atom stereocenters. The quantitative estimate of drug-likeness (QED) is 0.178. The Morgan fingerprint density at radius 1 is 0.340 bits per heavy atom. The van der Waals surface area contributed by atoms with Gasteiger partial charge in [-0.15, -0.1) is 0 Å². The van der Waals surface area contributed by atoms with E-state index in [0.717, 1.165) is 55.6 Å². The average molecular weight is 677 g/mol. The monoisotopic (exact) mass is 676 g/mol. The van der Waals surface area contributed by atoms with Crippen molar-refractivity contribution in [1.82, 2.24) is 9.13 Å². The van der Waals surface area contributed by atoms with Crippen LogP contribution in [0.15, 0.2) is 199 Å². The van der Waals surface area contributed by atoms with Gasteiger partial charge in [0.2, 0.25) is 0 Å². The van der Waals surface area contributed by atoms with Crippen molar-refractivity contribution in [1.29, 1.82) is 0 Å². The van der Waals surface area contributed by atoms with Crippen LogP contribution in [0.1, 0.15) is 0 Å². The molecule has 0 amide bonds. The first-order valence-corrected chi connectivity index (χ1v) is 18.1. The number of aromatic nitrogens is 2. The zero-order valence-corrected chi connectivity index (χ0v) is 28.8. The summed E-state index contributed by atoms with van der Waals surface area (Å²) in [5.74, 6) is 0. The second-order valence-corrected chi connectivity index (χ2v) is 13.8. The molecule has 3 aromatic heterocycles. The summed E-state index contributed by atoms with van der Waals surface area (Å²) < 4.78 is 11.5. The Balaban J connectivity index is 1.01. The van der Waals surface area contributed by atoms with Gasteiger partial charge < -0.3 is 13.6 Å². The molecule has 3 heteroatoms. The highest BCUT2D eigenvalue weighted by Gasteiger charge is 2.18. The molecule has 0 radical (unpaired) electrons. The van der Waals surface area contributed by atoms with Crippen LogP contribution < -0.4 is 0 Å². The average Bonchev–Trinajstić information content (AvgIpc) is 3.92. The number of hydrogen-bond acceptors (Lipinski definition) is 1. The van der Waals surface area contributed by atoms with Crippen LogP contribution in [0.25, 0.3) is 99.4 Å². The summed E-state index contributed by atoms with van der Waals surface area (Å²) in [4.78, 5) is 0. The zero-order chi connectivity index (χ0) is 34.9. The lowest BCUT2D eigenvalue weighted by molar-refractivity contribution is 0.671. The van der Waals surface area contributed by atoms with Gasteiger partial charge in [-0.25, -0.2) is 0 Å². The molecule has 3 heterocycles. The smallest absolute Gasteiger partial charge is 0.143 e. The van der Waals surface area contributed by atoms with E-state index in [0.29, 0.717) is 0 Å². The topological polar surface area (TPSA) is 23.0 Å². The summed E-state index contributed by atoms with van der Waals surface area (Å²) in [6, 6.07) is 67.3. The fraction of sp³-hybridized carbons (Fsp3) is 0. The molecule has 0 N–H and O–H groups in total. The molecule has 0 aliphatic carbocycles. The van der Waals surface area contributed by atoms with Crippen LogP contribution in [0.2, 0.25) is 0 Å². The molecule has 0 saturated carbocycles. The number of hydrogen-bond donors (Lipinski definition) is 0. The second-order valence-electron chi connectivity index (χ2n) is 13.8. The van der Waals surface area contributed by atoms with E-state index in [4.69, 9.17) is 4.42 Å². The number of nitrogens with zero attached hydrogens (tertiary/aromatic N) is 2. The Hall–Kier alpha value is -7.10. The van der Waals surface area contributed by atoms with E-state index in [1.54, 1.807) is 0 Å². The van der Waals surface area contributed by atoms with Gasteiger partial charge in [-0.05, 0) is 70.8 Å². The number of benzene rings is 8. The third-order valence-corrected chi connectivity index (χ3v) is 10.8. The summed E-state index contributed by atoms with van der Waals surface area (Å²) in [5, 5.41) is 5.95. The first-order chi connectivity index (χ1) is 26.3. The molecule has 11 rings (SSSR count). The lowest BCUT2D eigenvalue weighted by Crippen LogP contribution is -1.94. The Morgan fingerprint density at radius 3 is 1.60 bits per heavy atom. The highest BCUT2D eigenvalue weighted by Crippen LogP contribution is 2.41. The molecular formula is C50H32N2O. The largest absolute Gasteiger partial charge is 0.455 e. The van der Waals surface area contributed by atoms with E-state index in [1.807, 2.05) is 0 Å². The third kappa shape index (κ3) is 4.68. The maximum atomic E-state index is 6.82. The molecule has 0 spiro atoms. The van der Waals surface area contributed by atoms with Crippen molar-refractivity contribution in [2.45, 2.75) is 0 Å². The summed E-state index contributed by atoms with van der Waals surface area (Å²) in [5.41, 5.74) is 14.6. The van der Waals surface area contributed by atoms with Crippen molar-refractivity contribution in [2.75, 3.05) is 0 Å². The fourth-order valence-electron chi connectivity index (χ4n) is 8.23. The van der Waals surface area contributed by atoms with Gasteiger partial charge in [0, 0.05) is 55.6 Å². The van der Waals surface area contributed by atoms with Crippen LogP contribution in [-0.2, 0) is 0 Å². The van der Waals surface area contributed by atoms with Crippen LogP contribution in [0.4, 0.5) is 0 Å². The fourth-order valence-corrected chi connectivity index (χ4v) is 8.23. The third-order valence-electron chi connectivity index (χ3n) is 10.8. The van der Waals surface area contributed by atoms with E-state index >= 15 is 0 Å². The Bertz CT molecular complexity index is 3130. The van der Waals surface area contributed by atoms with Crippen LogP contribution in [0.3, 0.4) is 0 Å². The lowest BCUT2D eigenvalue weighted by atomic mass is 9.98. The SMILES string of the molecule is c1ccc(-c2ccc(-c3cccc4c3oc3c(-c5ccc(-n6c7ccccc7c7cc8c(ccn8-c8ccccc8)cc76)cc5)cccc34)cc2)cc1. The number of furan rings is 1. The highest BCUT2D eigenvalue weighted by atomic mass is 16.3. The van der Waals surface area contributed by atoms with Gasteiger partial charge in [0.25, 0.3) is 0 Å². The van der Waals surface area contributed by atoms with Gasteiger partial charge in [-0.3, -0.25) is 0 Å². The Morgan fingerprint density at radius 2 is 0.906 bits per heavy atom. The van der Waals surface area contributed by atoms with Crippen LogP contribution >= 0.6 is 0 Å². The molecule has 53 heavy (non-hydrogen) atoms. The van der Waals surface area contributed by atoms with E-state index in [2.05, 4.69) is 203 Å². The van der Waals surface area contributed by atoms with Crippen LogP contribution in [-0.4, -0.2) is 9.13 Å². The molecule has 0 fully saturated rings. The first-order valence-electron chi connectivity index (χ1n) is 18.1. The molecule has 0 bridgehead atoms. The molecule has 3 nitrogen and oxygen atoms in total. The van der Waals surface area contributed by atoms with Gasteiger partial charge >= 0.3 is 0 Å². The number of para-hydroxylation sites is 4. The standard InChI is InChI=1S/C50H32N2O/c1-3-11-33(12-4-1)34-21-23-35(24-22-34)40-16-9-18-43-44-19-10-17-41(50(44)53-49(40)43)36-25-27-39(28-26-36)52-46-20-8-7-15-42(46)45-32-47-37(31-48(45)52)29-30-51(47)38-13-5-2-6-14-38/h1-32H. The van der Waals surface area contributed by atoms with Crippen molar-refractivity contribution in [2.24, 2.45) is 0 Å². The van der Waals surface area contributed by atoms with Gasteiger partial charge in [0.05, 0.1) is 16.6 Å². The highest BCUT2D eigenvalue weighted by molar-refractivity contribution is 6.14. The predicted molar refractivity (Wildman–Crippen MR) is 221 cm³/mol. The van der Waals surface area contributed by atoms with E-state index < -0.39 is 0 Å². The molecule has 248 valence electrons. The van der Waals surface area contributed by atoms with Crippen molar-refractivity contribution in [3.8, 4) is 44.8 Å². The number of rotatable bonds is 5. The minimum absolute atomic E-state index is 0.908. The normalized spacial score (nSPS) is 11.8. The summed E-state index contributed by atoms with van der Waals surface area (Å²) in [6.07, 6.45) is 2.17. The second kappa shape index (κ2) is 11.7.